The quantitative estimate of drug-likeness (QED) is 0.600. The van der Waals surface area contributed by atoms with E-state index in [1.807, 2.05) is 51.1 Å². The molecule has 156 valence electrons. The van der Waals surface area contributed by atoms with Crippen molar-refractivity contribution >= 4 is 27.3 Å². The topological polar surface area (TPSA) is 66.5 Å². The third-order valence-corrected chi connectivity index (χ3v) is 6.73. The molecule has 0 aliphatic carbocycles. The molecule has 3 aromatic carbocycles. The summed E-state index contributed by atoms with van der Waals surface area (Å²) in [5, 5.41) is 2.84. The van der Waals surface area contributed by atoms with Crippen LogP contribution in [-0.4, -0.2) is 20.9 Å². The van der Waals surface area contributed by atoms with Crippen molar-refractivity contribution in [3.8, 4) is 0 Å². The Hall–Kier alpha value is -3.12. The Morgan fingerprint density at radius 1 is 0.900 bits per heavy atom. The molecule has 0 aromatic heterocycles. The molecule has 0 atom stereocenters. The number of para-hydroxylation sites is 2. The summed E-state index contributed by atoms with van der Waals surface area (Å²) in [6, 6.07) is 21.3. The Bertz CT molecular complexity index is 1140. The van der Waals surface area contributed by atoms with Gasteiger partial charge >= 0.3 is 0 Å². The van der Waals surface area contributed by atoms with Gasteiger partial charge in [-0.2, -0.15) is 0 Å². The minimum atomic E-state index is -3.93. The van der Waals surface area contributed by atoms with Crippen LogP contribution in [0.1, 0.15) is 23.6 Å². The van der Waals surface area contributed by atoms with E-state index in [0.29, 0.717) is 17.8 Å². The van der Waals surface area contributed by atoms with Crippen molar-refractivity contribution in [2.75, 3.05) is 16.2 Å². The SMILES string of the molecule is CCc1ccccc1N(CC(=O)Nc1ccccc1C)S(=O)(=O)c1ccc(C)cc1. The zero-order valence-corrected chi connectivity index (χ0v) is 18.2. The highest BCUT2D eigenvalue weighted by atomic mass is 32.2. The van der Waals surface area contributed by atoms with E-state index >= 15 is 0 Å². The summed E-state index contributed by atoms with van der Waals surface area (Å²) in [5.74, 6) is -0.397. The molecule has 1 amide bonds. The van der Waals surface area contributed by atoms with Gasteiger partial charge in [0.15, 0.2) is 0 Å². The number of carbonyl (C=O) groups excluding carboxylic acids is 1. The van der Waals surface area contributed by atoms with Crippen LogP contribution < -0.4 is 9.62 Å². The molecule has 30 heavy (non-hydrogen) atoms. The molecule has 3 rings (SSSR count). The molecule has 0 fully saturated rings. The Morgan fingerprint density at radius 2 is 1.53 bits per heavy atom. The fraction of sp³-hybridized carbons (Fsp3) is 0.208. The van der Waals surface area contributed by atoms with Crippen molar-refractivity contribution < 1.29 is 13.2 Å². The van der Waals surface area contributed by atoms with Crippen molar-refractivity contribution in [2.24, 2.45) is 0 Å². The molecule has 0 aliphatic heterocycles. The summed E-state index contributed by atoms with van der Waals surface area (Å²) < 4.78 is 28.2. The molecule has 0 bridgehead atoms. The molecule has 0 heterocycles. The largest absolute Gasteiger partial charge is 0.324 e. The van der Waals surface area contributed by atoms with Crippen molar-refractivity contribution in [1.82, 2.24) is 0 Å². The number of carbonyl (C=O) groups is 1. The fourth-order valence-electron chi connectivity index (χ4n) is 3.22. The minimum absolute atomic E-state index is 0.155. The van der Waals surface area contributed by atoms with Crippen LogP contribution in [0, 0.1) is 13.8 Å². The predicted molar refractivity (Wildman–Crippen MR) is 121 cm³/mol. The maximum Gasteiger partial charge on any atom is 0.264 e. The van der Waals surface area contributed by atoms with Gasteiger partial charge in [0.1, 0.15) is 6.54 Å². The second-order valence-electron chi connectivity index (χ2n) is 7.17. The van der Waals surface area contributed by atoms with E-state index in [2.05, 4.69) is 5.32 Å². The van der Waals surface area contributed by atoms with E-state index in [-0.39, 0.29) is 11.4 Å². The predicted octanol–water partition coefficient (Wildman–Crippen LogP) is 4.70. The molecular weight excluding hydrogens is 396 g/mol. The average Bonchev–Trinajstić information content (AvgIpc) is 2.74. The summed E-state index contributed by atoms with van der Waals surface area (Å²) in [5.41, 5.74) is 3.91. The summed E-state index contributed by atoms with van der Waals surface area (Å²) in [4.78, 5) is 13.0. The van der Waals surface area contributed by atoms with E-state index in [0.717, 1.165) is 16.7 Å². The van der Waals surface area contributed by atoms with Crippen LogP contribution in [-0.2, 0) is 21.2 Å². The fourth-order valence-corrected chi connectivity index (χ4v) is 4.68. The number of benzene rings is 3. The number of rotatable bonds is 7. The van der Waals surface area contributed by atoms with Crippen LogP contribution in [0.5, 0.6) is 0 Å². The summed E-state index contributed by atoms with van der Waals surface area (Å²) >= 11 is 0. The first-order valence-corrected chi connectivity index (χ1v) is 11.3. The highest BCUT2D eigenvalue weighted by molar-refractivity contribution is 7.92. The van der Waals surface area contributed by atoms with Crippen LogP contribution >= 0.6 is 0 Å². The number of hydrogen-bond donors (Lipinski definition) is 1. The number of sulfonamides is 1. The molecule has 0 saturated carbocycles. The summed E-state index contributed by atoms with van der Waals surface area (Å²) in [6.07, 6.45) is 0.648. The third kappa shape index (κ3) is 4.71. The molecular formula is C24H26N2O3S. The molecule has 1 N–H and O–H groups in total. The van der Waals surface area contributed by atoms with Crippen molar-refractivity contribution in [3.05, 3.63) is 89.5 Å². The van der Waals surface area contributed by atoms with Crippen LogP contribution in [0.3, 0.4) is 0 Å². The number of anilines is 2. The molecule has 6 heteroatoms. The maximum atomic E-state index is 13.5. The highest BCUT2D eigenvalue weighted by Gasteiger charge is 2.28. The van der Waals surface area contributed by atoms with Gasteiger partial charge in [0, 0.05) is 5.69 Å². The first-order chi connectivity index (χ1) is 14.3. The Balaban J connectivity index is 2.00. The summed E-state index contributed by atoms with van der Waals surface area (Å²) in [6.45, 7) is 5.43. The maximum absolute atomic E-state index is 13.5. The van der Waals surface area contributed by atoms with Gasteiger partial charge in [-0.25, -0.2) is 8.42 Å². The Kier molecular flexibility index (Phi) is 6.57. The smallest absolute Gasteiger partial charge is 0.264 e. The summed E-state index contributed by atoms with van der Waals surface area (Å²) in [7, 11) is -3.93. The molecule has 3 aromatic rings. The van der Waals surface area contributed by atoms with Crippen molar-refractivity contribution in [1.29, 1.82) is 0 Å². The molecule has 0 radical (unpaired) electrons. The van der Waals surface area contributed by atoms with Crippen molar-refractivity contribution in [2.45, 2.75) is 32.1 Å². The van der Waals surface area contributed by atoms with Gasteiger partial charge in [-0.1, -0.05) is 61.0 Å². The lowest BCUT2D eigenvalue weighted by molar-refractivity contribution is -0.114. The Labute approximate surface area is 178 Å². The number of amides is 1. The van der Waals surface area contributed by atoms with Gasteiger partial charge in [0.2, 0.25) is 5.91 Å². The zero-order chi connectivity index (χ0) is 21.7. The van der Waals surface area contributed by atoms with Gasteiger partial charge in [-0.05, 0) is 55.7 Å². The van der Waals surface area contributed by atoms with Gasteiger partial charge in [0.05, 0.1) is 10.6 Å². The molecule has 0 aliphatic rings. The lowest BCUT2D eigenvalue weighted by Crippen LogP contribution is -2.38. The van der Waals surface area contributed by atoms with Crippen LogP contribution in [0.4, 0.5) is 11.4 Å². The van der Waals surface area contributed by atoms with Gasteiger partial charge in [-0.15, -0.1) is 0 Å². The van der Waals surface area contributed by atoms with Crippen LogP contribution in [0.15, 0.2) is 77.7 Å². The average molecular weight is 423 g/mol. The standard InChI is InChI=1S/C24H26N2O3S/c1-4-20-10-6-8-12-23(20)26(30(28,29)21-15-13-18(2)14-16-21)17-24(27)25-22-11-7-5-9-19(22)3/h5-16H,4,17H2,1-3H3,(H,25,27). The highest BCUT2D eigenvalue weighted by Crippen LogP contribution is 2.28. The molecule has 5 nitrogen and oxygen atoms in total. The first-order valence-electron chi connectivity index (χ1n) is 9.85. The molecule has 0 saturated heterocycles. The molecule has 0 spiro atoms. The third-order valence-electron chi connectivity index (χ3n) is 4.96. The Morgan fingerprint density at radius 3 is 2.20 bits per heavy atom. The lowest BCUT2D eigenvalue weighted by atomic mass is 10.1. The first kappa shape index (κ1) is 21.6. The van der Waals surface area contributed by atoms with E-state index in [1.165, 1.54) is 4.31 Å². The van der Waals surface area contributed by atoms with Crippen LogP contribution in [0.2, 0.25) is 0 Å². The number of nitrogens with zero attached hydrogens (tertiary/aromatic N) is 1. The zero-order valence-electron chi connectivity index (χ0n) is 17.4. The lowest BCUT2D eigenvalue weighted by Gasteiger charge is -2.26. The van der Waals surface area contributed by atoms with Crippen molar-refractivity contribution in [3.63, 3.8) is 0 Å². The normalized spacial score (nSPS) is 11.2. The number of aryl methyl sites for hydroxylation is 3. The van der Waals surface area contributed by atoms with E-state index < -0.39 is 15.9 Å². The second kappa shape index (κ2) is 9.13. The van der Waals surface area contributed by atoms with Crippen LogP contribution in [0.25, 0.3) is 0 Å². The van der Waals surface area contributed by atoms with E-state index in [9.17, 15) is 13.2 Å². The van der Waals surface area contributed by atoms with E-state index in [1.54, 1.807) is 42.5 Å². The molecule has 0 unspecified atom stereocenters. The van der Waals surface area contributed by atoms with Gasteiger partial charge in [-0.3, -0.25) is 9.10 Å². The van der Waals surface area contributed by atoms with Gasteiger partial charge < -0.3 is 5.32 Å². The number of hydrogen-bond acceptors (Lipinski definition) is 3. The second-order valence-corrected chi connectivity index (χ2v) is 9.03. The number of nitrogens with one attached hydrogen (secondary N) is 1. The minimum Gasteiger partial charge on any atom is -0.324 e. The monoisotopic (exact) mass is 422 g/mol. The van der Waals surface area contributed by atoms with Gasteiger partial charge in [0.25, 0.3) is 10.0 Å². The van der Waals surface area contributed by atoms with E-state index in [4.69, 9.17) is 0 Å².